The molecule has 0 aliphatic carbocycles. The minimum Gasteiger partial charge on any atom is -0.370 e. The Morgan fingerprint density at radius 3 is 2.90 bits per heavy atom. The van der Waals surface area contributed by atoms with Crippen molar-refractivity contribution >= 4 is 27.4 Å². The van der Waals surface area contributed by atoms with Gasteiger partial charge in [-0.15, -0.1) is 0 Å². The molecule has 1 aliphatic heterocycles. The van der Waals surface area contributed by atoms with Crippen LogP contribution in [-0.4, -0.2) is 54.5 Å². The normalized spacial score (nSPS) is 20.8. The molecule has 0 bridgehead atoms. The predicted octanol–water partition coefficient (Wildman–Crippen LogP) is 1.43. The quantitative estimate of drug-likeness (QED) is 0.887. The summed E-state index contributed by atoms with van der Waals surface area (Å²) < 4.78 is 23.7. The standard InChI is InChI=1S/C13H21N3O2S2/c1-3-14-12-5-4-11(8-15-12)9-16-6-7-19-10-13(16)20(2,17)18/h4-5,8,13H,3,6-7,9-10H2,1-2H3,(H,14,15). The topological polar surface area (TPSA) is 62.3 Å². The molecule has 20 heavy (non-hydrogen) atoms. The lowest BCUT2D eigenvalue weighted by Gasteiger charge is -2.33. The summed E-state index contributed by atoms with van der Waals surface area (Å²) in [7, 11) is -3.04. The highest BCUT2D eigenvalue weighted by Crippen LogP contribution is 2.22. The Morgan fingerprint density at radius 2 is 2.30 bits per heavy atom. The van der Waals surface area contributed by atoms with Crippen LogP contribution in [-0.2, 0) is 16.4 Å². The summed E-state index contributed by atoms with van der Waals surface area (Å²) in [5.74, 6) is 2.49. The van der Waals surface area contributed by atoms with E-state index in [0.717, 1.165) is 30.2 Å². The predicted molar refractivity (Wildman–Crippen MR) is 84.8 cm³/mol. The largest absolute Gasteiger partial charge is 0.370 e. The summed E-state index contributed by atoms with van der Waals surface area (Å²) in [5, 5.41) is 2.77. The molecule has 112 valence electrons. The van der Waals surface area contributed by atoms with Gasteiger partial charge in [0.25, 0.3) is 0 Å². The third-order valence-corrected chi connectivity index (χ3v) is 5.94. The SMILES string of the molecule is CCNc1ccc(CN2CCSCC2S(C)(=O)=O)cn1. The first kappa shape index (κ1) is 15.6. The molecule has 1 atom stereocenters. The van der Waals surface area contributed by atoms with E-state index in [-0.39, 0.29) is 5.37 Å². The fraction of sp³-hybridized carbons (Fsp3) is 0.615. The molecule has 1 aromatic rings. The van der Waals surface area contributed by atoms with E-state index in [2.05, 4.69) is 10.3 Å². The first-order valence-corrected chi connectivity index (χ1v) is 9.81. The van der Waals surface area contributed by atoms with Gasteiger partial charge in [-0.05, 0) is 18.6 Å². The van der Waals surface area contributed by atoms with Crippen molar-refractivity contribution in [3.63, 3.8) is 0 Å². The molecule has 2 heterocycles. The minimum absolute atomic E-state index is 0.380. The highest BCUT2D eigenvalue weighted by molar-refractivity contribution is 8.00. The number of hydrogen-bond acceptors (Lipinski definition) is 6. The maximum Gasteiger partial charge on any atom is 0.164 e. The second-order valence-corrected chi connectivity index (χ2v) is 8.26. The van der Waals surface area contributed by atoms with Crippen molar-refractivity contribution in [1.82, 2.24) is 9.88 Å². The molecule has 5 nitrogen and oxygen atoms in total. The van der Waals surface area contributed by atoms with Crippen LogP contribution in [0.1, 0.15) is 12.5 Å². The molecule has 0 spiro atoms. The van der Waals surface area contributed by atoms with Crippen molar-refractivity contribution in [2.45, 2.75) is 18.8 Å². The molecular formula is C13H21N3O2S2. The first-order valence-electron chi connectivity index (χ1n) is 6.70. The van der Waals surface area contributed by atoms with Crippen molar-refractivity contribution < 1.29 is 8.42 Å². The lowest BCUT2D eigenvalue weighted by molar-refractivity contribution is 0.262. The molecule has 1 aliphatic rings. The zero-order valence-corrected chi connectivity index (χ0v) is 13.5. The lowest BCUT2D eigenvalue weighted by Crippen LogP contribution is -2.46. The van der Waals surface area contributed by atoms with E-state index < -0.39 is 9.84 Å². The van der Waals surface area contributed by atoms with E-state index >= 15 is 0 Å². The third-order valence-electron chi connectivity index (χ3n) is 3.25. The highest BCUT2D eigenvalue weighted by atomic mass is 32.2. The number of anilines is 1. The first-order chi connectivity index (χ1) is 9.50. The van der Waals surface area contributed by atoms with Crippen LogP contribution in [0.5, 0.6) is 0 Å². The summed E-state index contributed by atoms with van der Waals surface area (Å²) in [4.78, 5) is 6.37. The maximum absolute atomic E-state index is 11.8. The third kappa shape index (κ3) is 4.10. The highest BCUT2D eigenvalue weighted by Gasteiger charge is 2.30. The Kier molecular flexibility index (Phi) is 5.29. The number of sulfone groups is 1. The van der Waals surface area contributed by atoms with E-state index in [4.69, 9.17) is 0 Å². The molecule has 1 fully saturated rings. The summed E-state index contributed by atoms with van der Waals surface area (Å²) in [6.07, 6.45) is 3.14. The Bertz CT molecular complexity index is 531. The van der Waals surface area contributed by atoms with Crippen molar-refractivity contribution in [1.29, 1.82) is 0 Å². The lowest BCUT2D eigenvalue weighted by atomic mass is 10.2. The molecule has 1 aromatic heterocycles. The van der Waals surface area contributed by atoms with E-state index in [9.17, 15) is 8.42 Å². The maximum atomic E-state index is 11.8. The summed E-state index contributed by atoms with van der Waals surface area (Å²) in [6, 6.07) is 3.94. The van der Waals surface area contributed by atoms with Gasteiger partial charge >= 0.3 is 0 Å². The van der Waals surface area contributed by atoms with Gasteiger partial charge in [0.2, 0.25) is 0 Å². The molecule has 0 saturated carbocycles. The van der Waals surface area contributed by atoms with Gasteiger partial charge in [-0.3, -0.25) is 4.90 Å². The van der Waals surface area contributed by atoms with Gasteiger partial charge in [-0.25, -0.2) is 13.4 Å². The number of rotatable bonds is 5. The van der Waals surface area contributed by atoms with E-state index in [1.165, 1.54) is 6.26 Å². The zero-order chi connectivity index (χ0) is 14.6. The van der Waals surface area contributed by atoms with Crippen molar-refractivity contribution in [3.8, 4) is 0 Å². The van der Waals surface area contributed by atoms with Crippen molar-refractivity contribution in [2.75, 3.05) is 36.2 Å². The number of nitrogens with one attached hydrogen (secondary N) is 1. The van der Waals surface area contributed by atoms with Gasteiger partial charge in [0.15, 0.2) is 9.84 Å². The molecule has 1 N–H and O–H groups in total. The van der Waals surface area contributed by atoms with Gasteiger partial charge in [0.05, 0.1) is 0 Å². The van der Waals surface area contributed by atoms with Crippen molar-refractivity contribution in [3.05, 3.63) is 23.9 Å². The van der Waals surface area contributed by atoms with Gasteiger partial charge < -0.3 is 5.32 Å². The molecule has 7 heteroatoms. The Labute approximate surface area is 125 Å². The van der Waals surface area contributed by atoms with Crippen LogP contribution >= 0.6 is 11.8 Å². The van der Waals surface area contributed by atoms with Gasteiger partial charge in [-0.1, -0.05) is 6.07 Å². The number of aromatic nitrogens is 1. The second kappa shape index (κ2) is 6.78. The van der Waals surface area contributed by atoms with Crippen LogP contribution in [0, 0.1) is 0 Å². The van der Waals surface area contributed by atoms with Gasteiger partial charge in [0.1, 0.15) is 11.2 Å². The van der Waals surface area contributed by atoms with Gasteiger partial charge in [-0.2, -0.15) is 11.8 Å². The Morgan fingerprint density at radius 1 is 1.50 bits per heavy atom. The Hall–Kier alpha value is -0.790. The van der Waals surface area contributed by atoms with Crippen LogP contribution in [0.25, 0.3) is 0 Å². The molecule has 0 radical (unpaired) electrons. The fourth-order valence-electron chi connectivity index (χ4n) is 2.23. The number of pyridine rings is 1. The van der Waals surface area contributed by atoms with E-state index in [1.54, 1.807) is 11.8 Å². The summed E-state index contributed by atoms with van der Waals surface area (Å²) in [6.45, 7) is 4.30. The van der Waals surface area contributed by atoms with E-state index in [0.29, 0.717) is 12.3 Å². The molecule has 1 unspecified atom stereocenters. The number of hydrogen-bond donors (Lipinski definition) is 1. The minimum atomic E-state index is -3.04. The average Bonchev–Trinajstić information content (AvgIpc) is 2.41. The zero-order valence-electron chi connectivity index (χ0n) is 11.9. The van der Waals surface area contributed by atoms with Crippen molar-refractivity contribution in [2.24, 2.45) is 0 Å². The number of thioether (sulfide) groups is 1. The fourth-order valence-corrected chi connectivity index (χ4v) is 5.17. The molecule has 0 aromatic carbocycles. The summed E-state index contributed by atoms with van der Waals surface area (Å²) >= 11 is 1.71. The molecule has 0 amide bonds. The smallest absolute Gasteiger partial charge is 0.164 e. The number of nitrogens with zero attached hydrogens (tertiary/aromatic N) is 2. The molecule has 1 saturated heterocycles. The van der Waals surface area contributed by atoms with Crippen LogP contribution < -0.4 is 5.32 Å². The van der Waals surface area contributed by atoms with Crippen LogP contribution in [0.2, 0.25) is 0 Å². The second-order valence-electron chi connectivity index (χ2n) is 4.91. The van der Waals surface area contributed by atoms with E-state index in [1.807, 2.05) is 30.2 Å². The average molecular weight is 315 g/mol. The van der Waals surface area contributed by atoms with Crippen LogP contribution in [0.4, 0.5) is 5.82 Å². The van der Waals surface area contributed by atoms with Crippen LogP contribution in [0.15, 0.2) is 18.3 Å². The molecule has 2 rings (SSSR count). The molecular weight excluding hydrogens is 294 g/mol. The Balaban J connectivity index is 2.07. The van der Waals surface area contributed by atoms with Gasteiger partial charge in [0, 0.05) is 43.6 Å². The monoisotopic (exact) mass is 315 g/mol. The summed E-state index contributed by atoms with van der Waals surface area (Å²) in [5.41, 5.74) is 1.05. The van der Waals surface area contributed by atoms with Crippen LogP contribution in [0.3, 0.4) is 0 Å².